The molecule has 0 bridgehead atoms. The first kappa shape index (κ1) is 21.3. The number of benzene rings is 2. The molecule has 0 saturated heterocycles. The highest BCUT2D eigenvalue weighted by atomic mass is 32.2. The summed E-state index contributed by atoms with van der Waals surface area (Å²) in [5.41, 5.74) is 4.05. The molecule has 0 radical (unpaired) electrons. The fraction of sp³-hybridized carbons (Fsp3) is 0.231. The topological polar surface area (TPSA) is 73.8 Å². The summed E-state index contributed by atoms with van der Waals surface area (Å²) in [4.78, 5) is 21.0. The minimum Gasteiger partial charge on any atom is -0.420 e. The molecule has 0 amide bonds. The van der Waals surface area contributed by atoms with Crippen molar-refractivity contribution in [2.45, 2.75) is 43.5 Å². The van der Waals surface area contributed by atoms with Crippen molar-refractivity contribution in [2.75, 3.05) is 0 Å². The molecule has 2 aromatic carbocycles. The van der Waals surface area contributed by atoms with Crippen LogP contribution in [-0.2, 0) is 18.6 Å². The molecule has 1 aliphatic rings. The second-order valence-electron chi connectivity index (χ2n) is 8.42. The van der Waals surface area contributed by atoms with Crippen molar-refractivity contribution >= 4 is 33.3 Å². The molecule has 6 rings (SSSR count). The van der Waals surface area contributed by atoms with Crippen molar-refractivity contribution in [3.8, 4) is 17.1 Å². The Bertz CT molecular complexity index is 1540. The van der Waals surface area contributed by atoms with Gasteiger partial charge in [0.1, 0.15) is 4.83 Å². The fourth-order valence-electron chi connectivity index (χ4n) is 4.34. The Morgan fingerprint density at radius 1 is 1.03 bits per heavy atom. The van der Waals surface area contributed by atoms with E-state index in [0.717, 1.165) is 46.3 Å². The van der Waals surface area contributed by atoms with Crippen LogP contribution >= 0.6 is 23.1 Å². The average Bonchev–Trinajstić information content (AvgIpc) is 3.49. The monoisotopic (exact) mass is 486 g/mol. The van der Waals surface area contributed by atoms with Crippen molar-refractivity contribution in [3.05, 3.63) is 86.8 Å². The third kappa shape index (κ3) is 3.86. The summed E-state index contributed by atoms with van der Waals surface area (Å²) in [6.07, 6.45) is 4.29. The highest BCUT2D eigenvalue weighted by Crippen LogP contribution is 2.35. The SMILES string of the molecule is Cc1ccc(-n2c(SCc3nnc(-c4ccccc4)o3)nc3sc4c(c3c2=O)CCCC4)cc1. The van der Waals surface area contributed by atoms with Gasteiger partial charge in [0, 0.05) is 10.4 Å². The van der Waals surface area contributed by atoms with Gasteiger partial charge in [0.05, 0.1) is 16.8 Å². The summed E-state index contributed by atoms with van der Waals surface area (Å²) in [5, 5.41) is 9.82. The lowest BCUT2D eigenvalue weighted by Crippen LogP contribution is -2.22. The van der Waals surface area contributed by atoms with E-state index in [1.54, 1.807) is 15.9 Å². The van der Waals surface area contributed by atoms with Gasteiger partial charge in [-0.05, 0) is 62.4 Å². The van der Waals surface area contributed by atoms with Gasteiger partial charge in [-0.15, -0.1) is 21.5 Å². The van der Waals surface area contributed by atoms with Crippen LogP contribution < -0.4 is 5.56 Å². The number of aryl methyl sites for hydroxylation is 3. The standard InChI is InChI=1S/C26H22N4O2S2/c1-16-11-13-18(14-12-16)30-25(31)22-19-9-5-6-10-20(19)34-24(22)27-26(30)33-15-21-28-29-23(32-21)17-7-3-2-4-8-17/h2-4,7-8,11-14H,5-6,9-10,15H2,1H3. The number of hydrogen-bond acceptors (Lipinski definition) is 7. The van der Waals surface area contributed by atoms with Gasteiger partial charge in [-0.1, -0.05) is 47.7 Å². The molecule has 0 atom stereocenters. The molecule has 170 valence electrons. The summed E-state index contributed by atoms with van der Waals surface area (Å²) >= 11 is 3.11. The van der Waals surface area contributed by atoms with Gasteiger partial charge in [-0.2, -0.15) is 0 Å². The fourth-order valence-corrected chi connectivity index (χ4v) is 6.49. The van der Waals surface area contributed by atoms with E-state index >= 15 is 0 Å². The molecule has 0 unspecified atom stereocenters. The lowest BCUT2D eigenvalue weighted by atomic mass is 9.97. The normalized spacial score (nSPS) is 13.3. The van der Waals surface area contributed by atoms with E-state index in [9.17, 15) is 4.79 Å². The lowest BCUT2D eigenvalue weighted by Gasteiger charge is -2.13. The highest BCUT2D eigenvalue weighted by molar-refractivity contribution is 7.98. The largest absolute Gasteiger partial charge is 0.420 e. The molecule has 3 heterocycles. The van der Waals surface area contributed by atoms with Crippen LogP contribution in [0.25, 0.3) is 27.4 Å². The smallest absolute Gasteiger partial charge is 0.267 e. The number of nitrogens with zero attached hydrogens (tertiary/aromatic N) is 4. The second-order valence-corrected chi connectivity index (χ2v) is 10.4. The van der Waals surface area contributed by atoms with Crippen LogP contribution in [0.15, 0.2) is 69.0 Å². The summed E-state index contributed by atoms with van der Waals surface area (Å²) < 4.78 is 7.62. The number of aromatic nitrogens is 4. The van der Waals surface area contributed by atoms with E-state index in [-0.39, 0.29) is 5.56 Å². The zero-order valence-electron chi connectivity index (χ0n) is 18.7. The van der Waals surface area contributed by atoms with E-state index in [1.165, 1.54) is 28.6 Å². The predicted octanol–water partition coefficient (Wildman–Crippen LogP) is 5.98. The average molecular weight is 487 g/mol. The summed E-state index contributed by atoms with van der Waals surface area (Å²) in [6, 6.07) is 17.7. The highest BCUT2D eigenvalue weighted by Gasteiger charge is 2.23. The first-order valence-electron chi connectivity index (χ1n) is 11.3. The first-order chi connectivity index (χ1) is 16.7. The number of hydrogen-bond donors (Lipinski definition) is 0. The van der Waals surface area contributed by atoms with Crippen molar-refractivity contribution in [1.82, 2.24) is 19.7 Å². The van der Waals surface area contributed by atoms with Gasteiger partial charge < -0.3 is 4.42 Å². The zero-order chi connectivity index (χ0) is 23.1. The van der Waals surface area contributed by atoms with E-state index in [4.69, 9.17) is 9.40 Å². The van der Waals surface area contributed by atoms with Crippen LogP contribution in [-0.4, -0.2) is 19.7 Å². The van der Waals surface area contributed by atoms with E-state index in [0.29, 0.717) is 22.7 Å². The molecule has 0 aliphatic heterocycles. The Labute approximate surface area is 204 Å². The number of thioether (sulfide) groups is 1. The van der Waals surface area contributed by atoms with Crippen molar-refractivity contribution in [3.63, 3.8) is 0 Å². The molecule has 0 N–H and O–H groups in total. The second kappa shape index (κ2) is 8.85. The lowest BCUT2D eigenvalue weighted by molar-refractivity contribution is 0.528. The van der Waals surface area contributed by atoms with Crippen LogP contribution in [0.2, 0.25) is 0 Å². The van der Waals surface area contributed by atoms with E-state index < -0.39 is 0 Å². The molecule has 34 heavy (non-hydrogen) atoms. The molecular weight excluding hydrogens is 464 g/mol. The molecule has 3 aromatic heterocycles. The Balaban J connectivity index is 1.41. The molecule has 1 aliphatic carbocycles. The maximum atomic E-state index is 13.8. The van der Waals surface area contributed by atoms with Gasteiger partial charge in [-0.25, -0.2) is 4.98 Å². The molecule has 0 fully saturated rings. The number of rotatable bonds is 5. The summed E-state index contributed by atoms with van der Waals surface area (Å²) in [7, 11) is 0. The Hall–Kier alpha value is -3.23. The number of thiophene rings is 1. The summed E-state index contributed by atoms with van der Waals surface area (Å²) in [6.45, 7) is 2.04. The maximum absolute atomic E-state index is 13.8. The maximum Gasteiger partial charge on any atom is 0.267 e. The van der Waals surface area contributed by atoms with Gasteiger partial charge in [0.25, 0.3) is 5.56 Å². The first-order valence-corrected chi connectivity index (χ1v) is 13.1. The van der Waals surface area contributed by atoms with Crippen molar-refractivity contribution in [2.24, 2.45) is 0 Å². The predicted molar refractivity (Wildman–Crippen MR) is 136 cm³/mol. The zero-order valence-corrected chi connectivity index (χ0v) is 20.3. The van der Waals surface area contributed by atoms with Gasteiger partial charge in [0.15, 0.2) is 5.16 Å². The van der Waals surface area contributed by atoms with Crippen LogP contribution in [0, 0.1) is 6.92 Å². The van der Waals surface area contributed by atoms with Crippen LogP contribution in [0.5, 0.6) is 0 Å². The molecule has 6 nitrogen and oxygen atoms in total. The minimum atomic E-state index is 0.00579. The summed E-state index contributed by atoms with van der Waals surface area (Å²) in [5.74, 6) is 1.41. The van der Waals surface area contributed by atoms with Gasteiger partial charge >= 0.3 is 0 Å². The number of fused-ring (bicyclic) bond motifs is 3. The van der Waals surface area contributed by atoms with Crippen LogP contribution in [0.3, 0.4) is 0 Å². The Morgan fingerprint density at radius 2 is 1.82 bits per heavy atom. The van der Waals surface area contributed by atoms with Crippen molar-refractivity contribution < 1.29 is 4.42 Å². The minimum absolute atomic E-state index is 0.00579. The Kier molecular flexibility index (Phi) is 5.55. The van der Waals surface area contributed by atoms with Crippen LogP contribution in [0.1, 0.15) is 34.7 Å². The third-order valence-corrected chi connectivity index (χ3v) is 8.17. The molecule has 8 heteroatoms. The quantitative estimate of drug-likeness (QED) is 0.225. The Morgan fingerprint density at radius 3 is 2.65 bits per heavy atom. The van der Waals surface area contributed by atoms with E-state index in [2.05, 4.69) is 10.2 Å². The third-order valence-electron chi connectivity index (χ3n) is 6.06. The van der Waals surface area contributed by atoms with Crippen molar-refractivity contribution in [1.29, 1.82) is 0 Å². The van der Waals surface area contributed by atoms with Gasteiger partial charge in [-0.3, -0.25) is 9.36 Å². The van der Waals surface area contributed by atoms with E-state index in [1.807, 2.05) is 61.5 Å². The molecule has 5 aromatic rings. The molecular formula is C26H22N4O2S2. The molecule has 0 spiro atoms. The van der Waals surface area contributed by atoms with Crippen LogP contribution in [0.4, 0.5) is 0 Å². The van der Waals surface area contributed by atoms with Gasteiger partial charge in [0.2, 0.25) is 11.8 Å². The molecule has 0 saturated carbocycles.